The molecule has 8 heteroatoms. The summed E-state index contributed by atoms with van der Waals surface area (Å²) in [4.78, 5) is 24.6. The highest BCUT2D eigenvalue weighted by Gasteiger charge is 2.43. The van der Waals surface area contributed by atoms with Gasteiger partial charge in [-0.2, -0.15) is 5.48 Å². The van der Waals surface area contributed by atoms with E-state index in [1.807, 2.05) is 4.90 Å². The molecule has 160 valence electrons. The molecular weight excluding hydrogens is 356 g/mol. The Morgan fingerprint density at radius 3 is 2.50 bits per heavy atom. The second kappa shape index (κ2) is 8.93. The molecule has 3 N–H and O–H groups in total. The zero-order chi connectivity index (χ0) is 19.7. The number of piperidine rings is 2. The smallest absolute Gasteiger partial charge is 0.219 e. The molecule has 28 heavy (non-hydrogen) atoms. The quantitative estimate of drug-likeness (QED) is 0.626. The zero-order valence-electron chi connectivity index (χ0n) is 17.7. The van der Waals surface area contributed by atoms with Crippen LogP contribution in [0.1, 0.15) is 45.4 Å². The molecule has 0 aromatic carbocycles. The number of hydrogen-bond donors (Lipinski definition) is 3. The van der Waals surface area contributed by atoms with Crippen molar-refractivity contribution in [1.82, 2.24) is 30.8 Å². The summed E-state index contributed by atoms with van der Waals surface area (Å²) >= 11 is 0. The van der Waals surface area contributed by atoms with E-state index in [1.165, 1.54) is 25.7 Å². The van der Waals surface area contributed by atoms with Crippen LogP contribution in [0.25, 0.3) is 0 Å². The first kappa shape index (κ1) is 20.5. The summed E-state index contributed by atoms with van der Waals surface area (Å²) in [5.74, 6) is 0.761. The average Bonchev–Trinajstić information content (AvgIpc) is 3.37. The summed E-state index contributed by atoms with van der Waals surface area (Å²) in [5, 5.41) is 7.40. The second-order valence-electron chi connectivity index (χ2n) is 9.21. The molecule has 4 aliphatic rings. The van der Waals surface area contributed by atoms with Gasteiger partial charge in [0.2, 0.25) is 5.91 Å². The van der Waals surface area contributed by atoms with Gasteiger partial charge in [-0.15, -0.1) is 0 Å². The molecule has 0 saturated carbocycles. The largest absolute Gasteiger partial charge is 0.343 e. The fraction of sp³-hybridized carbons (Fsp3) is 0.950. The number of carbonyl (C=O) groups excluding carboxylic acids is 1. The Labute approximate surface area is 169 Å². The number of nitrogens with zero attached hydrogens (tertiary/aromatic N) is 3. The minimum Gasteiger partial charge on any atom is -0.343 e. The number of likely N-dealkylation sites (tertiary alicyclic amines) is 2. The first-order valence-electron chi connectivity index (χ1n) is 11.1. The normalized spacial score (nSPS) is 38.4. The molecule has 1 amide bonds. The summed E-state index contributed by atoms with van der Waals surface area (Å²) < 4.78 is 0. The lowest BCUT2D eigenvalue weighted by atomic mass is 9.94. The van der Waals surface area contributed by atoms with E-state index >= 15 is 0 Å². The summed E-state index contributed by atoms with van der Waals surface area (Å²) in [6, 6.07) is 1.00. The lowest BCUT2D eigenvalue weighted by molar-refractivity contribution is -0.130. The van der Waals surface area contributed by atoms with Gasteiger partial charge in [0, 0.05) is 38.5 Å². The van der Waals surface area contributed by atoms with Crippen molar-refractivity contribution in [2.45, 2.75) is 76.1 Å². The molecule has 0 radical (unpaired) electrons. The van der Waals surface area contributed by atoms with Crippen molar-refractivity contribution < 1.29 is 9.63 Å². The number of hydrogen-bond acceptors (Lipinski definition) is 7. The van der Waals surface area contributed by atoms with Crippen molar-refractivity contribution in [1.29, 1.82) is 0 Å². The van der Waals surface area contributed by atoms with E-state index in [0.29, 0.717) is 24.2 Å². The fourth-order valence-corrected chi connectivity index (χ4v) is 5.51. The van der Waals surface area contributed by atoms with Crippen LogP contribution >= 0.6 is 0 Å². The van der Waals surface area contributed by atoms with E-state index in [-0.39, 0.29) is 18.3 Å². The lowest BCUT2D eigenvalue weighted by Gasteiger charge is -2.40. The average molecular weight is 395 g/mol. The van der Waals surface area contributed by atoms with Gasteiger partial charge in [-0.3, -0.25) is 24.7 Å². The molecule has 0 aliphatic carbocycles. The highest BCUT2D eigenvalue weighted by Crippen LogP contribution is 2.30. The molecule has 4 fully saturated rings. The summed E-state index contributed by atoms with van der Waals surface area (Å²) in [7, 11) is 4.28. The third kappa shape index (κ3) is 4.37. The fourth-order valence-electron chi connectivity index (χ4n) is 5.51. The maximum atomic E-state index is 11.6. The maximum absolute atomic E-state index is 11.6. The van der Waals surface area contributed by atoms with Gasteiger partial charge >= 0.3 is 0 Å². The number of amides is 1. The Morgan fingerprint density at radius 1 is 1.07 bits per heavy atom. The van der Waals surface area contributed by atoms with Crippen molar-refractivity contribution in [3.05, 3.63) is 0 Å². The van der Waals surface area contributed by atoms with Crippen molar-refractivity contribution in [2.24, 2.45) is 5.92 Å². The van der Waals surface area contributed by atoms with E-state index in [9.17, 15) is 4.79 Å². The third-order valence-electron chi connectivity index (χ3n) is 7.26. The SMILES string of the molecule is CC(=O)N1CCC(N2CCCC2C2NC(C3CCC(N(C)C)NC3)NO2)CC1. The zero-order valence-corrected chi connectivity index (χ0v) is 17.7. The highest BCUT2D eigenvalue weighted by atomic mass is 16.7. The summed E-state index contributed by atoms with van der Waals surface area (Å²) in [6.07, 6.45) is 7.73. The maximum Gasteiger partial charge on any atom is 0.219 e. The van der Waals surface area contributed by atoms with Crippen LogP contribution in [0.3, 0.4) is 0 Å². The Bertz CT molecular complexity index is 531. The minimum absolute atomic E-state index is 0.0601. The number of nitrogens with one attached hydrogen (secondary N) is 3. The molecule has 5 atom stereocenters. The molecule has 8 nitrogen and oxygen atoms in total. The van der Waals surface area contributed by atoms with Crippen molar-refractivity contribution in [3.8, 4) is 0 Å². The van der Waals surface area contributed by atoms with Gasteiger partial charge < -0.3 is 10.2 Å². The van der Waals surface area contributed by atoms with Gasteiger partial charge in [0.05, 0.1) is 18.4 Å². The Balaban J connectivity index is 1.28. The van der Waals surface area contributed by atoms with E-state index in [4.69, 9.17) is 4.84 Å². The topological polar surface area (TPSA) is 72.1 Å². The molecule has 4 saturated heterocycles. The Kier molecular flexibility index (Phi) is 6.54. The minimum atomic E-state index is 0.0601. The van der Waals surface area contributed by atoms with Crippen LogP contribution in [0.15, 0.2) is 0 Å². The Hall–Kier alpha value is -0.770. The lowest BCUT2D eigenvalue weighted by Crippen LogP contribution is -2.55. The molecule has 0 bridgehead atoms. The summed E-state index contributed by atoms with van der Waals surface area (Å²) in [6.45, 7) is 5.63. The highest BCUT2D eigenvalue weighted by molar-refractivity contribution is 5.73. The molecule has 0 aromatic rings. The molecule has 0 aromatic heterocycles. The van der Waals surface area contributed by atoms with E-state index in [2.05, 4.69) is 40.0 Å². The van der Waals surface area contributed by atoms with Crippen LogP contribution in [-0.4, -0.2) is 91.5 Å². The monoisotopic (exact) mass is 394 g/mol. The predicted octanol–water partition coefficient (Wildman–Crippen LogP) is 0.126. The standard InChI is InChI=1S/C20H38N6O2/c1-14(27)25-11-8-16(9-12-25)26-10-4-5-17(26)20-22-19(23-28-20)15-6-7-18(21-13-15)24(2)3/h15-23H,4-13H2,1-3H3. The molecule has 4 heterocycles. The van der Waals surface area contributed by atoms with Gasteiger partial charge in [0.15, 0.2) is 0 Å². The number of carbonyl (C=O) groups is 1. The molecule has 0 spiro atoms. The van der Waals surface area contributed by atoms with E-state index in [0.717, 1.165) is 39.0 Å². The van der Waals surface area contributed by atoms with E-state index < -0.39 is 0 Å². The van der Waals surface area contributed by atoms with Gasteiger partial charge in [-0.05, 0) is 59.2 Å². The van der Waals surface area contributed by atoms with Gasteiger partial charge in [-0.1, -0.05) is 0 Å². The van der Waals surface area contributed by atoms with Crippen LogP contribution in [0, 0.1) is 5.92 Å². The summed E-state index contributed by atoms with van der Waals surface area (Å²) in [5.41, 5.74) is 3.30. The third-order valence-corrected chi connectivity index (χ3v) is 7.26. The van der Waals surface area contributed by atoms with Crippen LogP contribution in [0.5, 0.6) is 0 Å². The van der Waals surface area contributed by atoms with Crippen molar-refractivity contribution in [3.63, 3.8) is 0 Å². The van der Waals surface area contributed by atoms with E-state index in [1.54, 1.807) is 6.92 Å². The van der Waals surface area contributed by atoms with Crippen molar-refractivity contribution >= 4 is 5.91 Å². The van der Waals surface area contributed by atoms with Gasteiger partial charge in [-0.25, -0.2) is 0 Å². The van der Waals surface area contributed by atoms with Crippen LogP contribution in [0.2, 0.25) is 0 Å². The van der Waals surface area contributed by atoms with Crippen molar-refractivity contribution in [2.75, 3.05) is 40.3 Å². The Morgan fingerprint density at radius 2 is 1.86 bits per heavy atom. The second-order valence-corrected chi connectivity index (χ2v) is 9.21. The van der Waals surface area contributed by atoms with Crippen LogP contribution < -0.4 is 16.1 Å². The first-order chi connectivity index (χ1) is 13.5. The molecular formula is C20H38N6O2. The first-order valence-corrected chi connectivity index (χ1v) is 11.1. The van der Waals surface area contributed by atoms with Gasteiger partial charge in [0.25, 0.3) is 0 Å². The van der Waals surface area contributed by atoms with Crippen LogP contribution in [-0.2, 0) is 9.63 Å². The van der Waals surface area contributed by atoms with Crippen LogP contribution in [0.4, 0.5) is 0 Å². The molecule has 4 rings (SSSR count). The molecule has 5 unspecified atom stereocenters. The molecule has 4 aliphatic heterocycles. The number of rotatable bonds is 4. The van der Waals surface area contributed by atoms with Gasteiger partial charge in [0.1, 0.15) is 6.23 Å². The number of hydroxylamine groups is 1. The predicted molar refractivity (Wildman–Crippen MR) is 108 cm³/mol.